The van der Waals surface area contributed by atoms with Gasteiger partial charge in [0.25, 0.3) is 21.6 Å². The zero-order valence-corrected chi connectivity index (χ0v) is 21.1. The second kappa shape index (κ2) is 13.4. The summed E-state index contributed by atoms with van der Waals surface area (Å²) in [4.78, 5) is 22.7. The van der Waals surface area contributed by atoms with Crippen molar-refractivity contribution in [3.63, 3.8) is 0 Å². The summed E-state index contributed by atoms with van der Waals surface area (Å²) in [6, 6.07) is 14.6. The highest BCUT2D eigenvalue weighted by Crippen LogP contribution is 2.20. The Labute approximate surface area is 210 Å². The van der Waals surface area contributed by atoms with E-state index in [0.29, 0.717) is 25.1 Å². The minimum atomic E-state index is -3.84. The minimum Gasteiger partial charge on any atom is -0.399 e. The number of anilines is 3. The Morgan fingerprint density at radius 1 is 1.08 bits per heavy atom. The molecule has 1 amide bonds. The van der Waals surface area contributed by atoms with Crippen molar-refractivity contribution >= 4 is 33.1 Å². The second-order valence-corrected chi connectivity index (χ2v) is 9.75. The summed E-state index contributed by atoms with van der Waals surface area (Å²) in [5.41, 5.74) is 19.3. The number of hydrogen-bond donors (Lipinski definition) is 6. The topological polar surface area (TPSA) is 199 Å². The average Bonchev–Trinajstić information content (AvgIpc) is 3.14. The third-order valence-electron chi connectivity index (χ3n) is 5.29. The summed E-state index contributed by atoms with van der Waals surface area (Å²) < 4.78 is 30.9. The SMILES string of the molecule is CCCCc1cc(NCCCCS(=O)(=O)O)ccc1N.NC(=O)c1[nH]n(-c2ccccc2)c(=O)c1N. The summed E-state index contributed by atoms with van der Waals surface area (Å²) in [6.45, 7) is 2.82. The highest BCUT2D eigenvalue weighted by molar-refractivity contribution is 7.85. The molecule has 9 N–H and O–H groups in total. The van der Waals surface area contributed by atoms with Gasteiger partial charge in [-0.1, -0.05) is 31.5 Å². The first-order valence-electron chi connectivity index (χ1n) is 11.6. The van der Waals surface area contributed by atoms with Gasteiger partial charge in [0.1, 0.15) is 11.4 Å². The summed E-state index contributed by atoms with van der Waals surface area (Å²) >= 11 is 0. The first-order chi connectivity index (χ1) is 17.0. The molecule has 0 aliphatic heterocycles. The molecule has 36 heavy (non-hydrogen) atoms. The molecule has 0 aliphatic rings. The number of primary amides is 1. The van der Waals surface area contributed by atoms with Crippen LogP contribution in [-0.2, 0) is 16.5 Å². The number of amides is 1. The third-order valence-corrected chi connectivity index (χ3v) is 6.09. The molecule has 0 fully saturated rings. The molecule has 3 aromatic rings. The molecule has 0 saturated carbocycles. The molecule has 12 heteroatoms. The van der Waals surface area contributed by atoms with E-state index in [1.165, 1.54) is 4.68 Å². The number of carbonyl (C=O) groups excluding carboxylic acids is 1. The fourth-order valence-electron chi connectivity index (χ4n) is 3.34. The number of unbranched alkanes of at least 4 members (excludes halogenated alkanes) is 2. The normalized spacial score (nSPS) is 10.9. The molecule has 0 bridgehead atoms. The Hall–Kier alpha value is -3.77. The Morgan fingerprint density at radius 3 is 2.36 bits per heavy atom. The van der Waals surface area contributed by atoms with Crippen molar-refractivity contribution in [2.45, 2.75) is 39.0 Å². The van der Waals surface area contributed by atoms with E-state index in [0.717, 1.165) is 36.2 Å². The largest absolute Gasteiger partial charge is 0.399 e. The quantitative estimate of drug-likeness (QED) is 0.126. The summed E-state index contributed by atoms with van der Waals surface area (Å²) in [5.74, 6) is -0.942. The van der Waals surface area contributed by atoms with E-state index in [2.05, 4.69) is 17.3 Å². The van der Waals surface area contributed by atoms with Crippen LogP contribution in [0.5, 0.6) is 0 Å². The lowest BCUT2D eigenvalue weighted by atomic mass is 10.1. The lowest BCUT2D eigenvalue weighted by Crippen LogP contribution is -2.16. The minimum absolute atomic E-state index is 0.0751. The fraction of sp³-hybridized carbons (Fsp3) is 0.333. The van der Waals surface area contributed by atoms with Gasteiger partial charge in [0.15, 0.2) is 0 Å². The lowest BCUT2D eigenvalue weighted by molar-refractivity contribution is 0.0996. The molecule has 1 aromatic heterocycles. The third kappa shape index (κ3) is 8.78. The van der Waals surface area contributed by atoms with Crippen LogP contribution in [0.15, 0.2) is 53.3 Å². The fourth-order valence-corrected chi connectivity index (χ4v) is 3.91. The van der Waals surface area contributed by atoms with E-state index in [1.807, 2.05) is 24.3 Å². The van der Waals surface area contributed by atoms with Gasteiger partial charge < -0.3 is 22.5 Å². The Kier molecular flexibility index (Phi) is 10.6. The monoisotopic (exact) mass is 518 g/mol. The van der Waals surface area contributed by atoms with Gasteiger partial charge in [0.2, 0.25) is 0 Å². The number of aromatic nitrogens is 2. The molecule has 0 radical (unpaired) electrons. The number of rotatable bonds is 11. The molecule has 2 aromatic carbocycles. The Balaban J connectivity index is 0.000000259. The van der Waals surface area contributed by atoms with Crippen molar-refractivity contribution in [2.75, 3.05) is 29.1 Å². The number of nitrogen functional groups attached to an aromatic ring is 2. The van der Waals surface area contributed by atoms with E-state index in [-0.39, 0.29) is 17.1 Å². The van der Waals surface area contributed by atoms with Crippen LogP contribution in [0.25, 0.3) is 5.69 Å². The van der Waals surface area contributed by atoms with Gasteiger partial charge in [-0.2, -0.15) is 8.42 Å². The maximum atomic E-state index is 11.7. The second-order valence-electron chi connectivity index (χ2n) is 8.18. The van der Waals surface area contributed by atoms with Crippen LogP contribution in [0.2, 0.25) is 0 Å². The molecule has 0 spiro atoms. The van der Waals surface area contributed by atoms with Gasteiger partial charge in [-0.25, -0.2) is 4.68 Å². The van der Waals surface area contributed by atoms with Crippen molar-refractivity contribution in [2.24, 2.45) is 5.73 Å². The van der Waals surface area contributed by atoms with Crippen molar-refractivity contribution < 1.29 is 17.8 Å². The maximum Gasteiger partial charge on any atom is 0.295 e. The van der Waals surface area contributed by atoms with Gasteiger partial charge >= 0.3 is 0 Å². The molecule has 1 heterocycles. The van der Waals surface area contributed by atoms with E-state index >= 15 is 0 Å². The standard InChI is InChI=1S/C14H24N2O3S.C10H10N4O2/c1-2-3-6-12-11-13(7-8-14(12)15)16-9-4-5-10-20(17,18)19;11-7-8(9(12)15)13-14(10(7)16)6-4-2-1-3-5-6/h7-8,11,16H,2-6,9-10,15H2,1H3,(H,17,18,19);1-5,13H,11H2,(H2,12,15). The summed E-state index contributed by atoms with van der Waals surface area (Å²) in [7, 11) is -3.84. The van der Waals surface area contributed by atoms with Crippen molar-refractivity contribution in [3.8, 4) is 5.69 Å². The summed E-state index contributed by atoms with van der Waals surface area (Å²) in [5, 5.41) is 5.81. The van der Waals surface area contributed by atoms with Crippen molar-refractivity contribution in [1.82, 2.24) is 9.78 Å². The van der Waals surface area contributed by atoms with Crippen LogP contribution in [0, 0.1) is 0 Å². The van der Waals surface area contributed by atoms with Crippen LogP contribution < -0.4 is 28.1 Å². The predicted molar refractivity (Wildman–Crippen MR) is 143 cm³/mol. The molecule has 0 aliphatic carbocycles. The van der Waals surface area contributed by atoms with Gasteiger partial charge in [-0.3, -0.25) is 19.2 Å². The molecule has 11 nitrogen and oxygen atoms in total. The molecular formula is C24H34N6O5S. The van der Waals surface area contributed by atoms with Crippen LogP contribution in [-0.4, -0.2) is 41.0 Å². The Bertz CT molecular complexity index is 1300. The zero-order valence-electron chi connectivity index (χ0n) is 20.2. The number of aromatic amines is 1. The molecular weight excluding hydrogens is 484 g/mol. The van der Waals surface area contributed by atoms with Crippen molar-refractivity contribution in [1.29, 1.82) is 0 Å². The van der Waals surface area contributed by atoms with E-state index in [4.69, 9.17) is 21.8 Å². The number of para-hydroxylation sites is 1. The summed E-state index contributed by atoms with van der Waals surface area (Å²) in [6.07, 6.45) is 4.35. The van der Waals surface area contributed by atoms with Crippen molar-refractivity contribution in [3.05, 3.63) is 70.1 Å². The molecule has 0 atom stereocenters. The number of nitrogens with zero attached hydrogens (tertiary/aromatic N) is 1. The maximum absolute atomic E-state index is 11.7. The number of hydrogen-bond acceptors (Lipinski definition) is 7. The number of benzene rings is 2. The predicted octanol–water partition coefficient (Wildman–Crippen LogP) is 2.54. The number of H-pyrrole nitrogens is 1. The van der Waals surface area contributed by atoms with Crippen LogP contribution in [0.3, 0.4) is 0 Å². The molecule has 196 valence electrons. The number of aryl methyl sites for hydroxylation is 1. The highest BCUT2D eigenvalue weighted by atomic mass is 32.2. The van der Waals surface area contributed by atoms with E-state index in [9.17, 15) is 18.0 Å². The van der Waals surface area contributed by atoms with Crippen LogP contribution >= 0.6 is 0 Å². The molecule has 0 saturated heterocycles. The number of nitrogens with one attached hydrogen (secondary N) is 2. The van der Waals surface area contributed by atoms with Crippen LogP contribution in [0.1, 0.15) is 48.7 Å². The van der Waals surface area contributed by atoms with Gasteiger partial charge in [0, 0.05) is 17.9 Å². The zero-order chi connectivity index (χ0) is 26.7. The molecule has 3 rings (SSSR count). The van der Waals surface area contributed by atoms with Gasteiger partial charge in [-0.05, 0) is 61.6 Å². The first-order valence-corrected chi connectivity index (χ1v) is 13.2. The smallest absolute Gasteiger partial charge is 0.295 e. The molecule has 0 unspecified atom stereocenters. The number of nitrogens with two attached hydrogens (primary N) is 3. The van der Waals surface area contributed by atoms with Gasteiger partial charge in [0.05, 0.1) is 11.4 Å². The van der Waals surface area contributed by atoms with Gasteiger partial charge in [-0.15, -0.1) is 0 Å². The number of carbonyl (C=O) groups is 1. The Morgan fingerprint density at radius 2 is 1.78 bits per heavy atom. The van der Waals surface area contributed by atoms with Crippen LogP contribution in [0.4, 0.5) is 17.1 Å². The first kappa shape index (κ1) is 28.5. The highest BCUT2D eigenvalue weighted by Gasteiger charge is 2.15. The van der Waals surface area contributed by atoms with E-state index < -0.39 is 21.6 Å². The van der Waals surface area contributed by atoms with E-state index in [1.54, 1.807) is 24.3 Å². The lowest BCUT2D eigenvalue weighted by Gasteiger charge is -2.10. The average molecular weight is 519 g/mol.